The van der Waals surface area contributed by atoms with Crippen molar-refractivity contribution in [2.45, 2.75) is 52.1 Å². The Balaban J connectivity index is 1.48. The van der Waals surface area contributed by atoms with Crippen LogP contribution in [-0.2, 0) is 4.74 Å². The minimum atomic E-state index is -0.450. The van der Waals surface area contributed by atoms with Crippen molar-refractivity contribution in [1.82, 2.24) is 14.9 Å². The second-order valence-electron chi connectivity index (χ2n) is 8.44. The van der Waals surface area contributed by atoms with Gasteiger partial charge in [-0.05, 0) is 58.3 Å². The molecule has 0 spiro atoms. The first-order valence-corrected chi connectivity index (χ1v) is 10.7. The van der Waals surface area contributed by atoms with Crippen molar-refractivity contribution in [3.63, 3.8) is 0 Å². The lowest BCUT2D eigenvalue weighted by Crippen LogP contribution is -2.44. The number of likely N-dealkylation sites (tertiary alicyclic amines) is 1. The number of anilines is 1. The minimum Gasteiger partial charge on any atom is -0.444 e. The van der Waals surface area contributed by atoms with Gasteiger partial charge in [0.25, 0.3) is 0 Å². The molecule has 0 aromatic carbocycles. The van der Waals surface area contributed by atoms with E-state index in [2.05, 4.69) is 9.97 Å². The van der Waals surface area contributed by atoms with Gasteiger partial charge in [-0.1, -0.05) is 0 Å². The fourth-order valence-corrected chi connectivity index (χ4v) is 4.39. The number of amides is 1. The largest absolute Gasteiger partial charge is 0.444 e. The molecule has 0 saturated carbocycles. The highest BCUT2D eigenvalue weighted by Gasteiger charge is 2.33. The van der Waals surface area contributed by atoms with Gasteiger partial charge in [0.2, 0.25) is 0 Å². The van der Waals surface area contributed by atoms with E-state index in [0.717, 1.165) is 51.9 Å². The summed E-state index contributed by atoms with van der Waals surface area (Å²) in [5.74, 6) is 1.33. The quantitative estimate of drug-likeness (QED) is 0.462. The Hall–Kier alpha value is -1.19. The van der Waals surface area contributed by atoms with E-state index < -0.39 is 5.60 Å². The van der Waals surface area contributed by atoms with E-state index >= 15 is 0 Å². The van der Waals surface area contributed by atoms with Crippen LogP contribution < -0.4 is 4.90 Å². The predicted octanol–water partition coefficient (Wildman–Crippen LogP) is 4.08. The highest BCUT2D eigenvalue weighted by molar-refractivity contribution is 14.1. The van der Waals surface area contributed by atoms with Crippen molar-refractivity contribution in [2.24, 2.45) is 11.8 Å². The van der Waals surface area contributed by atoms with Crippen LogP contribution in [0.25, 0.3) is 0 Å². The predicted molar refractivity (Wildman–Crippen MR) is 110 cm³/mol. The average Bonchev–Trinajstić information content (AvgIpc) is 2.63. The summed E-state index contributed by atoms with van der Waals surface area (Å²) >= 11 is 2.01. The lowest BCUT2D eigenvalue weighted by molar-refractivity contribution is 0.0152. The number of carbonyl (C=O) groups is 1. The van der Waals surface area contributed by atoms with E-state index in [1.54, 1.807) is 0 Å². The molecule has 0 bridgehead atoms. The van der Waals surface area contributed by atoms with Crippen LogP contribution in [0.2, 0.25) is 0 Å². The molecule has 2 aliphatic heterocycles. The molecule has 27 heavy (non-hydrogen) atoms. The Morgan fingerprint density at radius 2 is 1.70 bits per heavy atom. The van der Waals surface area contributed by atoms with Gasteiger partial charge >= 0.3 is 6.09 Å². The second-order valence-corrected chi connectivity index (χ2v) is 9.40. The molecule has 2 fully saturated rings. The number of aromatic nitrogens is 2. The van der Waals surface area contributed by atoms with E-state index in [-0.39, 0.29) is 11.9 Å². The normalized spacial score (nSPS) is 20.0. The zero-order valence-electron chi connectivity index (χ0n) is 16.3. The fourth-order valence-electron chi connectivity index (χ4n) is 4.02. The van der Waals surface area contributed by atoms with Gasteiger partial charge in [-0.3, -0.25) is 0 Å². The third-order valence-corrected chi connectivity index (χ3v) is 5.91. The summed E-state index contributed by atoms with van der Waals surface area (Å²) in [7, 11) is 0. The molecular formula is C19H28FIN4O2. The summed E-state index contributed by atoms with van der Waals surface area (Å²) in [6.45, 7) is 8.85. The highest BCUT2D eigenvalue weighted by atomic mass is 127. The van der Waals surface area contributed by atoms with Gasteiger partial charge < -0.3 is 14.5 Å². The van der Waals surface area contributed by atoms with E-state index in [1.165, 1.54) is 6.20 Å². The number of rotatable bonds is 2. The summed E-state index contributed by atoms with van der Waals surface area (Å²) in [6.07, 6.45) is 5.16. The monoisotopic (exact) mass is 490 g/mol. The zero-order chi connectivity index (χ0) is 19.6. The number of nitrogens with zero attached hydrogens (tertiary/aromatic N) is 4. The van der Waals surface area contributed by atoms with Crippen LogP contribution in [0.1, 0.15) is 46.5 Å². The van der Waals surface area contributed by atoms with Crippen molar-refractivity contribution in [1.29, 1.82) is 0 Å². The van der Waals surface area contributed by atoms with Crippen LogP contribution in [-0.4, -0.2) is 52.7 Å². The van der Waals surface area contributed by atoms with E-state index in [0.29, 0.717) is 21.5 Å². The Morgan fingerprint density at radius 1 is 1.15 bits per heavy atom. The van der Waals surface area contributed by atoms with Crippen molar-refractivity contribution < 1.29 is 13.9 Å². The van der Waals surface area contributed by atoms with E-state index in [9.17, 15) is 9.18 Å². The maximum Gasteiger partial charge on any atom is 0.410 e. The number of ether oxygens (including phenoxy) is 1. The fraction of sp³-hybridized carbons (Fsp3) is 0.737. The molecule has 2 aliphatic rings. The van der Waals surface area contributed by atoms with Gasteiger partial charge in [0.05, 0.1) is 6.20 Å². The van der Waals surface area contributed by atoms with Gasteiger partial charge in [0, 0.05) is 48.8 Å². The minimum absolute atomic E-state index is 0.204. The summed E-state index contributed by atoms with van der Waals surface area (Å²) < 4.78 is 20.1. The summed E-state index contributed by atoms with van der Waals surface area (Å²) in [5.41, 5.74) is -0.450. The maximum absolute atomic E-state index is 14.0. The second kappa shape index (κ2) is 8.45. The molecule has 0 unspecified atom stereocenters. The first kappa shape index (κ1) is 20.5. The van der Waals surface area contributed by atoms with Crippen molar-refractivity contribution in [3.8, 4) is 0 Å². The molecule has 3 rings (SSSR count). The lowest BCUT2D eigenvalue weighted by Gasteiger charge is -2.40. The number of halogens is 2. The van der Waals surface area contributed by atoms with Gasteiger partial charge in [-0.2, -0.15) is 0 Å². The zero-order valence-corrected chi connectivity index (χ0v) is 18.4. The first-order valence-electron chi connectivity index (χ1n) is 9.64. The molecule has 0 atom stereocenters. The van der Waals surface area contributed by atoms with Crippen LogP contribution in [0.15, 0.2) is 6.20 Å². The summed E-state index contributed by atoms with van der Waals surface area (Å²) in [5, 5.41) is 0. The molecule has 150 valence electrons. The van der Waals surface area contributed by atoms with Crippen LogP contribution in [0.5, 0.6) is 0 Å². The Kier molecular flexibility index (Phi) is 6.43. The molecule has 0 radical (unpaired) electrons. The van der Waals surface area contributed by atoms with Crippen molar-refractivity contribution in [3.05, 3.63) is 15.8 Å². The lowest BCUT2D eigenvalue weighted by atomic mass is 9.79. The number of piperidine rings is 2. The van der Waals surface area contributed by atoms with Gasteiger partial charge in [0.1, 0.15) is 5.60 Å². The van der Waals surface area contributed by atoms with E-state index in [1.807, 2.05) is 53.2 Å². The van der Waals surface area contributed by atoms with Crippen LogP contribution in [0, 0.1) is 21.5 Å². The molecule has 1 aromatic heterocycles. The summed E-state index contributed by atoms with van der Waals surface area (Å²) in [6, 6.07) is 0. The Morgan fingerprint density at radius 3 is 2.26 bits per heavy atom. The average molecular weight is 490 g/mol. The molecule has 8 heteroatoms. The molecule has 2 saturated heterocycles. The third kappa shape index (κ3) is 5.42. The standard InChI is InChI=1S/C19H28FIN4O2/c1-19(2,3)27-18(26)25-10-6-14(7-11-25)13-4-8-24(9-5-13)16-15(20)12-22-17(21)23-16/h12-14H,4-11H2,1-3H3. The van der Waals surface area contributed by atoms with Gasteiger partial charge in [-0.15, -0.1) is 0 Å². The number of hydrogen-bond donors (Lipinski definition) is 0. The smallest absolute Gasteiger partial charge is 0.410 e. The topological polar surface area (TPSA) is 58.6 Å². The van der Waals surface area contributed by atoms with Crippen LogP contribution in [0.4, 0.5) is 15.0 Å². The maximum atomic E-state index is 14.0. The number of carbonyl (C=O) groups excluding carboxylic acids is 1. The van der Waals surface area contributed by atoms with Crippen molar-refractivity contribution >= 4 is 34.5 Å². The summed E-state index contributed by atoms with van der Waals surface area (Å²) in [4.78, 5) is 24.2. The molecule has 6 nitrogen and oxygen atoms in total. The molecule has 0 aliphatic carbocycles. The molecule has 3 heterocycles. The molecule has 1 aromatic rings. The molecular weight excluding hydrogens is 462 g/mol. The van der Waals surface area contributed by atoms with E-state index in [4.69, 9.17) is 4.74 Å². The third-order valence-electron chi connectivity index (χ3n) is 5.39. The van der Waals surface area contributed by atoms with Gasteiger partial charge in [-0.25, -0.2) is 19.2 Å². The van der Waals surface area contributed by atoms with Crippen LogP contribution >= 0.6 is 22.6 Å². The van der Waals surface area contributed by atoms with Crippen molar-refractivity contribution in [2.75, 3.05) is 31.1 Å². The highest BCUT2D eigenvalue weighted by Crippen LogP contribution is 2.34. The Bertz CT molecular complexity index is 666. The molecule has 0 N–H and O–H groups in total. The van der Waals surface area contributed by atoms with Crippen LogP contribution in [0.3, 0.4) is 0 Å². The number of hydrogen-bond acceptors (Lipinski definition) is 5. The molecule has 1 amide bonds. The Labute approximate surface area is 174 Å². The first-order chi connectivity index (χ1) is 12.7. The van der Waals surface area contributed by atoms with Gasteiger partial charge in [0.15, 0.2) is 15.5 Å². The SMILES string of the molecule is CC(C)(C)OC(=O)N1CCC(C2CCN(c3nc(I)ncc3F)CC2)CC1.